The summed E-state index contributed by atoms with van der Waals surface area (Å²) in [6.45, 7) is 3.29. The van der Waals surface area contributed by atoms with Crippen LogP contribution in [0.25, 0.3) is 0 Å². The lowest BCUT2D eigenvalue weighted by atomic mass is 10.2. The average Bonchev–Trinajstić information content (AvgIpc) is 2.68. The van der Waals surface area contributed by atoms with E-state index in [0.29, 0.717) is 6.20 Å². The van der Waals surface area contributed by atoms with Crippen LogP contribution >= 0.6 is 11.6 Å². The zero-order chi connectivity index (χ0) is 22.3. The molecule has 2 amide bonds. The van der Waals surface area contributed by atoms with Crippen LogP contribution in [0.15, 0.2) is 48.8 Å². The maximum Gasteiger partial charge on any atom is 0.417 e. The molecule has 11 heteroatoms. The van der Waals surface area contributed by atoms with Gasteiger partial charge < -0.3 is 15.4 Å². The number of hydrogen-bond donors (Lipinski definition) is 2. The van der Waals surface area contributed by atoms with Crippen LogP contribution < -0.4 is 15.4 Å². The van der Waals surface area contributed by atoms with E-state index in [4.69, 9.17) is 16.3 Å². The second kappa shape index (κ2) is 10.1. The van der Waals surface area contributed by atoms with Gasteiger partial charge in [-0.3, -0.25) is 14.6 Å². The van der Waals surface area contributed by atoms with Gasteiger partial charge in [0.05, 0.1) is 10.6 Å². The molecule has 0 aliphatic rings. The molecule has 0 radical (unpaired) electrons. The van der Waals surface area contributed by atoms with E-state index in [0.717, 1.165) is 18.2 Å². The van der Waals surface area contributed by atoms with Gasteiger partial charge in [-0.25, -0.2) is 4.39 Å². The van der Waals surface area contributed by atoms with Crippen LogP contribution in [0.3, 0.4) is 0 Å². The van der Waals surface area contributed by atoms with Gasteiger partial charge >= 0.3 is 6.18 Å². The van der Waals surface area contributed by atoms with Gasteiger partial charge in [0.1, 0.15) is 17.3 Å². The minimum absolute atomic E-state index is 0.0594. The molecule has 0 saturated heterocycles. The van der Waals surface area contributed by atoms with Gasteiger partial charge in [0.25, 0.3) is 11.8 Å². The van der Waals surface area contributed by atoms with Gasteiger partial charge in [0.2, 0.25) is 0 Å². The minimum atomic E-state index is -4.54. The van der Waals surface area contributed by atoms with E-state index in [-0.39, 0.29) is 35.1 Å². The van der Waals surface area contributed by atoms with E-state index in [1.165, 1.54) is 12.1 Å². The van der Waals surface area contributed by atoms with Crippen LogP contribution in [0.4, 0.5) is 17.6 Å². The minimum Gasteiger partial charge on any atom is -0.484 e. The van der Waals surface area contributed by atoms with Gasteiger partial charge in [-0.1, -0.05) is 18.2 Å². The fraction of sp³-hybridized carbons (Fsp3) is 0.211. The smallest absolute Gasteiger partial charge is 0.417 e. The lowest BCUT2D eigenvalue weighted by Crippen LogP contribution is -2.31. The largest absolute Gasteiger partial charge is 0.484 e. The van der Waals surface area contributed by atoms with Crippen LogP contribution in [-0.2, 0) is 11.0 Å². The highest BCUT2D eigenvalue weighted by molar-refractivity contribution is 6.30. The number of aromatic nitrogens is 1. The van der Waals surface area contributed by atoms with Crippen molar-refractivity contribution in [2.45, 2.75) is 12.6 Å². The molecular weight excluding hydrogens is 430 g/mol. The first kappa shape index (κ1) is 23.1. The number of nitrogens with zero attached hydrogens (tertiary/aromatic N) is 1. The molecule has 1 heterocycles. The Morgan fingerprint density at radius 2 is 1.93 bits per heavy atom. The Labute approximate surface area is 173 Å². The number of pyridine rings is 1. The number of carbonyl (C=O) groups excluding carboxylic acids is 2. The number of benzene rings is 1. The highest BCUT2D eigenvalue weighted by atomic mass is 35.5. The van der Waals surface area contributed by atoms with Crippen molar-refractivity contribution in [1.29, 1.82) is 0 Å². The topological polar surface area (TPSA) is 80.3 Å². The summed E-state index contributed by atoms with van der Waals surface area (Å²) in [7, 11) is 0. The number of alkyl halides is 3. The number of hydrogen-bond acceptors (Lipinski definition) is 4. The van der Waals surface area contributed by atoms with Crippen molar-refractivity contribution < 1.29 is 31.9 Å². The summed E-state index contributed by atoms with van der Waals surface area (Å²) in [5.74, 6) is -1.78. The zero-order valence-electron chi connectivity index (χ0n) is 15.4. The third kappa shape index (κ3) is 7.03. The van der Waals surface area contributed by atoms with Crippen LogP contribution in [0.1, 0.15) is 22.5 Å². The van der Waals surface area contributed by atoms with E-state index < -0.39 is 36.0 Å². The number of amides is 2. The predicted molar refractivity (Wildman–Crippen MR) is 100 cm³/mol. The first-order chi connectivity index (χ1) is 14.1. The Morgan fingerprint density at radius 1 is 1.20 bits per heavy atom. The van der Waals surface area contributed by atoms with Gasteiger partial charge in [-0.05, 0) is 24.3 Å². The maximum atomic E-state index is 13.3. The number of ether oxygens (including phenoxy) is 1. The highest BCUT2D eigenvalue weighted by Crippen LogP contribution is 2.28. The molecule has 0 aliphatic carbocycles. The average molecular weight is 446 g/mol. The first-order valence-electron chi connectivity index (χ1n) is 8.43. The van der Waals surface area contributed by atoms with Crippen LogP contribution in [0, 0.1) is 5.82 Å². The quantitative estimate of drug-likeness (QED) is 0.607. The van der Waals surface area contributed by atoms with E-state index >= 15 is 0 Å². The van der Waals surface area contributed by atoms with E-state index in [9.17, 15) is 27.2 Å². The Morgan fingerprint density at radius 3 is 2.53 bits per heavy atom. The molecule has 160 valence electrons. The molecule has 6 nitrogen and oxygen atoms in total. The van der Waals surface area contributed by atoms with E-state index in [2.05, 4.69) is 22.2 Å². The lowest BCUT2D eigenvalue weighted by Gasteiger charge is -2.11. The Bertz CT molecular complexity index is 934. The van der Waals surface area contributed by atoms with Crippen molar-refractivity contribution in [2.24, 2.45) is 0 Å². The molecule has 0 atom stereocenters. The summed E-state index contributed by atoms with van der Waals surface area (Å²) in [6.07, 6.45) is -3.81. The van der Waals surface area contributed by atoms with Crippen molar-refractivity contribution in [3.8, 4) is 5.75 Å². The van der Waals surface area contributed by atoms with Crippen molar-refractivity contribution in [1.82, 2.24) is 15.6 Å². The molecule has 0 aliphatic heterocycles. The Hall–Kier alpha value is -3.14. The molecular formula is C19H16ClF4N3O3. The summed E-state index contributed by atoms with van der Waals surface area (Å²) >= 11 is 5.55. The van der Waals surface area contributed by atoms with Gasteiger partial charge in [0, 0.05) is 30.9 Å². The second-order valence-corrected chi connectivity index (χ2v) is 6.36. The zero-order valence-corrected chi connectivity index (χ0v) is 16.1. The molecule has 1 aromatic carbocycles. The van der Waals surface area contributed by atoms with Gasteiger partial charge in [0.15, 0.2) is 6.61 Å². The van der Waals surface area contributed by atoms with Crippen molar-refractivity contribution in [3.05, 3.63) is 70.9 Å². The SMILES string of the molecule is C=C(CCNC(=O)c1ccc(C(F)(F)F)cn1)NC(=O)COc1ccc(Cl)c(F)c1. The molecule has 1 aromatic heterocycles. The Balaban J connectivity index is 1.71. The normalized spacial score (nSPS) is 11.0. The molecule has 2 N–H and O–H groups in total. The predicted octanol–water partition coefficient (Wildman–Crippen LogP) is 3.72. The lowest BCUT2D eigenvalue weighted by molar-refractivity contribution is -0.137. The highest BCUT2D eigenvalue weighted by Gasteiger charge is 2.30. The van der Waals surface area contributed by atoms with Gasteiger partial charge in [-0.2, -0.15) is 13.2 Å². The number of carbonyl (C=O) groups is 2. The first-order valence-corrected chi connectivity index (χ1v) is 8.81. The van der Waals surface area contributed by atoms with Crippen molar-refractivity contribution >= 4 is 23.4 Å². The third-order valence-electron chi connectivity index (χ3n) is 3.61. The van der Waals surface area contributed by atoms with Crippen LogP contribution in [-0.4, -0.2) is 29.9 Å². The molecule has 30 heavy (non-hydrogen) atoms. The summed E-state index contributed by atoms with van der Waals surface area (Å²) < 4.78 is 55.9. The van der Waals surface area contributed by atoms with Crippen LogP contribution in [0.5, 0.6) is 5.75 Å². The maximum absolute atomic E-state index is 13.3. The van der Waals surface area contributed by atoms with Crippen molar-refractivity contribution in [2.75, 3.05) is 13.2 Å². The standard InChI is InChI=1S/C19H16ClF4N3O3/c1-11(27-17(28)10-30-13-3-4-14(20)15(21)8-13)6-7-25-18(29)16-5-2-12(9-26-16)19(22,23)24/h2-5,8-9H,1,6-7,10H2,(H,25,29)(H,27,28). The summed E-state index contributed by atoms with van der Waals surface area (Å²) in [5.41, 5.74) is -0.869. The monoisotopic (exact) mass is 445 g/mol. The van der Waals surface area contributed by atoms with E-state index in [1.54, 1.807) is 0 Å². The third-order valence-corrected chi connectivity index (χ3v) is 3.92. The molecule has 0 bridgehead atoms. The molecule has 2 aromatic rings. The summed E-state index contributed by atoms with van der Waals surface area (Å²) in [5, 5.41) is 4.82. The number of rotatable bonds is 8. The van der Waals surface area contributed by atoms with Gasteiger partial charge in [-0.15, -0.1) is 0 Å². The molecule has 0 saturated carbocycles. The number of nitrogens with one attached hydrogen (secondary N) is 2. The van der Waals surface area contributed by atoms with E-state index in [1.807, 2.05) is 0 Å². The van der Waals surface area contributed by atoms with Crippen molar-refractivity contribution in [3.63, 3.8) is 0 Å². The molecule has 2 rings (SSSR count). The van der Waals surface area contributed by atoms with Crippen LogP contribution in [0.2, 0.25) is 5.02 Å². The second-order valence-electron chi connectivity index (χ2n) is 5.95. The summed E-state index contributed by atoms with van der Waals surface area (Å²) in [4.78, 5) is 27.2. The molecule has 0 spiro atoms. The summed E-state index contributed by atoms with van der Waals surface area (Å²) in [6, 6.07) is 5.45. The fourth-order valence-electron chi connectivity index (χ4n) is 2.12. The molecule has 0 unspecified atom stereocenters. The Kier molecular flexibility index (Phi) is 7.76. The number of halogens is 5. The molecule has 0 fully saturated rings. The fourth-order valence-corrected chi connectivity index (χ4v) is 2.24.